The normalized spacial score (nSPS) is 12.8. The van der Waals surface area contributed by atoms with Gasteiger partial charge < -0.3 is 14.6 Å². The molecule has 4 nitrogen and oxygen atoms in total. The zero-order valence-electron chi connectivity index (χ0n) is 12.4. The van der Waals surface area contributed by atoms with Crippen LogP contribution in [0.2, 0.25) is 0 Å². The predicted octanol–water partition coefficient (Wildman–Crippen LogP) is 3.63. The standard InChI is InChI=1S/C18H16O4/c1-11-7-14(16(20)8-12(11)2)15(19)5-3-13-4-6-17-18(9-13)22-10-21-17/h3-9,20H,10H2,1-2H3/b5-3+. The second kappa shape index (κ2) is 5.56. The molecular weight excluding hydrogens is 280 g/mol. The van der Waals surface area contributed by atoms with E-state index < -0.39 is 0 Å². The molecule has 0 aromatic heterocycles. The smallest absolute Gasteiger partial charge is 0.231 e. The van der Waals surface area contributed by atoms with Crippen molar-refractivity contribution < 1.29 is 19.4 Å². The number of phenolic OH excluding ortho intramolecular Hbond substituents is 1. The number of allylic oxidation sites excluding steroid dienone is 1. The Labute approximate surface area is 128 Å². The van der Waals surface area contributed by atoms with E-state index in [1.807, 2.05) is 26.0 Å². The van der Waals surface area contributed by atoms with Gasteiger partial charge in [0.15, 0.2) is 17.3 Å². The molecule has 1 heterocycles. The minimum absolute atomic E-state index is 0.00318. The summed E-state index contributed by atoms with van der Waals surface area (Å²) in [6.07, 6.45) is 3.14. The van der Waals surface area contributed by atoms with E-state index in [-0.39, 0.29) is 18.3 Å². The number of hydrogen-bond acceptors (Lipinski definition) is 4. The first-order valence-corrected chi connectivity index (χ1v) is 6.97. The molecule has 1 aliphatic heterocycles. The Balaban J connectivity index is 1.83. The highest BCUT2D eigenvalue weighted by molar-refractivity contribution is 6.08. The fourth-order valence-electron chi connectivity index (χ4n) is 2.28. The zero-order valence-corrected chi connectivity index (χ0v) is 12.4. The Morgan fingerprint density at radius 1 is 1.09 bits per heavy atom. The van der Waals surface area contributed by atoms with Crippen LogP contribution in [-0.4, -0.2) is 17.7 Å². The number of carbonyl (C=O) groups excluding carboxylic acids is 1. The largest absolute Gasteiger partial charge is 0.507 e. The maximum absolute atomic E-state index is 12.2. The molecule has 0 saturated carbocycles. The summed E-state index contributed by atoms with van der Waals surface area (Å²) in [5.74, 6) is 1.14. The van der Waals surface area contributed by atoms with Crippen molar-refractivity contribution in [1.29, 1.82) is 0 Å². The quantitative estimate of drug-likeness (QED) is 0.694. The average molecular weight is 296 g/mol. The number of hydrogen-bond donors (Lipinski definition) is 1. The first kappa shape index (κ1) is 14.2. The first-order chi connectivity index (χ1) is 10.5. The van der Waals surface area contributed by atoms with E-state index in [1.165, 1.54) is 6.08 Å². The van der Waals surface area contributed by atoms with Gasteiger partial charge in [-0.05, 0) is 60.9 Å². The topological polar surface area (TPSA) is 55.8 Å². The lowest BCUT2D eigenvalue weighted by Crippen LogP contribution is -1.97. The molecule has 3 rings (SSSR count). The van der Waals surface area contributed by atoms with Gasteiger partial charge in [0.25, 0.3) is 0 Å². The molecule has 1 N–H and O–H groups in total. The predicted molar refractivity (Wildman–Crippen MR) is 83.5 cm³/mol. The minimum atomic E-state index is -0.238. The van der Waals surface area contributed by atoms with E-state index in [4.69, 9.17) is 9.47 Å². The van der Waals surface area contributed by atoms with E-state index in [0.717, 1.165) is 16.7 Å². The van der Waals surface area contributed by atoms with Crippen molar-refractivity contribution >= 4 is 11.9 Å². The van der Waals surface area contributed by atoms with Crippen LogP contribution in [0.4, 0.5) is 0 Å². The fourth-order valence-corrected chi connectivity index (χ4v) is 2.28. The third-order valence-corrected chi connectivity index (χ3v) is 3.70. The van der Waals surface area contributed by atoms with Gasteiger partial charge in [0, 0.05) is 0 Å². The summed E-state index contributed by atoms with van der Waals surface area (Å²) in [4.78, 5) is 12.2. The summed E-state index contributed by atoms with van der Waals surface area (Å²) in [7, 11) is 0. The number of carbonyl (C=O) groups is 1. The van der Waals surface area contributed by atoms with Crippen LogP contribution in [0.15, 0.2) is 36.4 Å². The molecule has 0 unspecified atom stereocenters. The van der Waals surface area contributed by atoms with E-state index in [9.17, 15) is 9.90 Å². The summed E-state index contributed by atoms with van der Waals surface area (Å²) < 4.78 is 10.5. The van der Waals surface area contributed by atoms with Gasteiger partial charge in [-0.3, -0.25) is 4.79 Å². The Bertz CT molecular complexity index is 775. The third kappa shape index (κ3) is 2.68. The van der Waals surface area contributed by atoms with Crippen LogP contribution < -0.4 is 9.47 Å². The molecule has 112 valence electrons. The van der Waals surface area contributed by atoms with Crippen LogP contribution in [0.25, 0.3) is 6.08 Å². The van der Waals surface area contributed by atoms with Crippen molar-refractivity contribution in [2.24, 2.45) is 0 Å². The number of aryl methyl sites for hydroxylation is 2. The van der Waals surface area contributed by atoms with E-state index in [0.29, 0.717) is 17.1 Å². The molecule has 0 aliphatic carbocycles. The van der Waals surface area contributed by atoms with Gasteiger partial charge in [0.1, 0.15) is 5.75 Å². The minimum Gasteiger partial charge on any atom is -0.507 e. The second-order valence-corrected chi connectivity index (χ2v) is 5.26. The number of ether oxygens (including phenoxy) is 2. The number of fused-ring (bicyclic) bond motifs is 1. The van der Waals surface area contributed by atoms with Crippen molar-refractivity contribution in [2.75, 3.05) is 6.79 Å². The highest BCUT2D eigenvalue weighted by Gasteiger charge is 2.13. The van der Waals surface area contributed by atoms with Crippen LogP contribution in [-0.2, 0) is 0 Å². The van der Waals surface area contributed by atoms with Crippen LogP contribution in [0, 0.1) is 13.8 Å². The molecule has 2 aromatic carbocycles. The average Bonchev–Trinajstić information content (AvgIpc) is 2.96. The maximum Gasteiger partial charge on any atom is 0.231 e. The molecule has 1 aliphatic rings. The molecule has 0 fully saturated rings. The molecule has 2 aromatic rings. The molecule has 0 amide bonds. The Hall–Kier alpha value is -2.75. The second-order valence-electron chi connectivity index (χ2n) is 5.26. The summed E-state index contributed by atoms with van der Waals surface area (Å²) in [6, 6.07) is 8.78. The molecule has 0 atom stereocenters. The van der Waals surface area contributed by atoms with Gasteiger partial charge in [-0.15, -0.1) is 0 Å². The molecule has 0 radical (unpaired) electrons. The fraction of sp³-hybridized carbons (Fsp3) is 0.167. The molecule has 22 heavy (non-hydrogen) atoms. The van der Waals surface area contributed by atoms with Gasteiger partial charge in [-0.2, -0.15) is 0 Å². The summed E-state index contributed by atoms with van der Waals surface area (Å²) in [6.45, 7) is 4.02. The van der Waals surface area contributed by atoms with Gasteiger partial charge in [-0.25, -0.2) is 0 Å². The van der Waals surface area contributed by atoms with Crippen LogP contribution in [0.3, 0.4) is 0 Å². The van der Waals surface area contributed by atoms with Crippen molar-refractivity contribution in [1.82, 2.24) is 0 Å². The van der Waals surface area contributed by atoms with Gasteiger partial charge in [0.05, 0.1) is 5.56 Å². The molecule has 0 bridgehead atoms. The molecule has 4 heteroatoms. The van der Waals surface area contributed by atoms with E-state index in [1.54, 1.807) is 24.3 Å². The SMILES string of the molecule is Cc1cc(O)c(C(=O)/C=C/c2ccc3c(c2)OCO3)cc1C. The Kier molecular flexibility index (Phi) is 3.59. The number of phenols is 1. The summed E-state index contributed by atoms with van der Waals surface area (Å²) in [5.41, 5.74) is 3.06. The number of ketones is 1. The summed E-state index contributed by atoms with van der Waals surface area (Å²) in [5, 5.41) is 9.92. The lowest BCUT2D eigenvalue weighted by Gasteiger charge is -2.05. The van der Waals surface area contributed by atoms with E-state index >= 15 is 0 Å². The van der Waals surface area contributed by atoms with Crippen LogP contribution in [0.5, 0.6) is 17.2 Å². The monoisotopic (exact) mass is 296 g/mol. The number of aromatic hydroxyl groups is 1. The highest BCUT2D eigenvalue weighted by atomic mass is 16.7. The lowest BCUT2D eigenvalue weighted by atomic mass is 10.0. The summed E-state index contributed by atoms with van der Waals surface area (Å²) >= 11 is 0. The van der Waals surface area contributed by atoms with Crippen molar-refractivity contribution in [3.63, 3.8) is 0 Å². The maximum atomic E-state index is 12.2. The highest BCUT2D eigenvalue weighted by Crippen LogP contribution is 2.33. The Morgan fingerprint density at radius 2 is 1.82 bits per heavy atom. The lowest BCUT2D eigenvalue weighted by molar-refractivity contribution is 0.104. The third-order valence-electron chi connectivity index (χ3n) is 3.70. The van der Waals surface area contributed by atoms with Crippen molar-refractivity contribution in [2.45, 2.75) is 13.8 Å². The molecule has 0 saturated heterocycles. The van der Waals surface area contributed by atoms with Crippen molar-refractivity contribution in [3.05, 3.63) is 58.7 Å². The first-order valence-electron chi connectivity index (χ1n) is 6.97. The molecule has 0 spiro atoms. The zero-order chi connectivity index (χ0) is 15.7. The number of benzene rings is 2. The Morgan fingerprint density at radius 3 is 2.64 bits per heavy atom. The van der Waals surface area contributed by atoms with Gasteiger partial charge >= 0.3 is 0 Å². The van der Waals surface area contributed by atoms with Crippen molar-refractivity contribution in [3.8, 4) is 17.2 Å². The number of rotatable bonds is 3. The molecular formula is C18H16O4. The van der Waals surface area contributed by atoms with Crippen LogP contribution >= 0.6 is 0 Å². The van der Waals surface area contributed by atoms with Gasteiger partial charge in [0.2, 0.25) is 6.79 Å². The van der Waals surface area contributed by atoms with Gasteiger partial charge in [-0.1, -0.05) is 12.1 Å². The van der Waals surface area contributed by atoms with E-state index in [2.05, 4.69) is 0 Å². The van der Waals surface area contributed by atoms with Crippen LogP contribution in [0.1, 0.15) is 27.0 Å².